The number of benzene rings is 2. The maximum absolute atomic E-state index is 13.1. The number of nitrogens with one attached hydrogen (secondary N) is 1. The second-order valence-corrected chi connectivity index (χ2v) is 11.5. The third-order valence-electron chi connectivity index (χ3n) is 6.96. The minimum atomic E-state index is -3.69. The first-order valence-electron chi connectivity index (χ1n) is 11.8. The molecule has 2 aromatic carbocycles. The maximum atomic E-state index is 13.1. The lowest BCUT2D eigenvalue weighted by molar-refractivity contribution is -0.118. The van der Waals surface area contributed by atoms with E-state index in [4.69, 9.17) is 11.6 Å². The minimum absolute atomic E-state index is 0. The molecule has 1 amide bonds. The van der Waals surface area contributed by atoms with Gasteiger partial charge in [0, 0.05) is 23.9 Å². The summed E-state index contributed by atoms with van der Waals surface area (Å²) in [4.78, 5) is 17.8. The van der Waals surface area contributed by atoms with Gasteiger partial charge < -0.3 is 15.5 Å². The van der Waals surface area contributed by atoms with Crippen molar-refractivity contribution in [1.82, 2.24) is 9.29 Å². The average molecular weight is 536 g/mol. The zero-order valence-corrected chi connectivity index (χ0v) is 21.0. The largest absolute Gasteiger partial charge is 0.506 e. The molecule has 0 spiro atoms. The summed E-state index contributed by atoms with van der Waals surface area (Å²) < 4.78 is 27.4. The number of aliphatic hydroxyl groups excluding tert-OH is 1. The number of aliphatic hydroxyl groups is 1. The topological polar surface area (TPSA) is 120 Å². The van der Waals surface area contributed by atoms with E-state index in [2.05, 4.69) is 10.3 Å². The van der Waals surface area contributed by atoms with Crippen molar-refractivity contribution in [3.63, 3.8) is 0 Å². The quantitative estimate of drug-likeness (QED) is 0.395. The molecule has 8 nitrogen and oxygen atoms in total. The van der Waals surface area contributed by atoms with Crippen LogP contribution in [-0.4, -0.2) is 53.0 Å². The number of hydrogen-bond acceptors (Lipinski definition) is 6. The van der Waals surface area contributed by atoms with Gasteiger partial charge in [-0.15, -0.1) is 0 Å². The van der Waals surface area contributed by atoms with Crippen LogP contribution in [0.15, 0.2) is 65.6 Å². The lowest BCUT2D eigenvalue weighted by Gasteiger charge is -2.22. The lowest BCUT2D eigenvalue weighted by atomic mass is 9.94. The molecular formula is C26H34ClN3O5S. The number of nitrogens with zero attached hydrogens (tertiary/aromatic N) is 2. The highest BCUT2D eigenvalue weighted by molar-refractivity contribution is 7.89. The molecule has 1 saturated heterocycles. The maximum Gasteiger partial charge on any atom is 0.243 e. The number of halogens is 1. The van der Waals surface area contributed by atoms with Crippen LogP contribution in [0.3, 0.4) is 0 Å². The fourth-order valence-electron chi connectivity index (χ4n) is 4.72. The highest BCUT2D eigenvalue weighted by Crippen LogP contribution is 2.50. The number of carbonyl (C=O) groups is 1. The van der Waals surface area contributed by atoms with Crippen molar-refractivity contribution >= 4 is 33.3 Å². The molecule has 5 rings (SSSR count). The molecule has 1 atom stereocenters. The van der Waals surface area contributed by atoms with E-state index in [0.717, 1.165) is 6.42 Å². The summed E-state index contributed by atoms with van der Waals surface area (Å²) in [5, 5.41) is 22.6. The van der Waals surface area contributed by atoms with E-state index in [0.29, 0.717) is 48.4 Å². The zero-order valence-electron chi connectivity index (χ0n) is 19.4. The second kappa shape index (κ2) is 9.48. The van der Waals surface area contributed by atoms with E-state index in [-0.39, 0.29) is 39.9 Å². The van der Waals surface area contributed by atoms with Crippen LogP contribution in [0, 0.1) is 0 Å². The fraction of sp³-hybridized carbons (Fsp3) is 0.308. The first kappa shape index (κ1) is 24.7. The summed E-state index contributed by atoms with van der Waals surface area (Å²) in [5.41, 5.74) is 1.27. The van der Waals surface area contributed by atoms with Gasteiger partial charge in [-0.25, -0.2) is 13.4 Å². The van der Waals surface area contributed by atoms with Gasteiger partial charge in [-0.05, 0) is 67.6 Å². The number of pyridine rings is 1. The van der Waals surface area contributed by atoms with E-state index in [1.165, 1.54) is 22.5 Å². The highest BCUT2D eigenvalue weighted by Gasteiger charge is 2.51. The summed E-state index contributed by atoms with van der Waals surface area (Å²) in [5.74, 6) is 0.108. The number of aromatic nitrogens is 1. The van der Waals surface area contributed by atoms with Crippen molar-refractivity contribution in [3.8, 4) is 17.0 Å². The highest BCUT2D eigenvalue weighted by atomic mass is 35.5. The molecule has 3 N–H and O–H groups in total. The summed E-state index contributed by atoms with van der Waals surface area (Å²) in [7, 11) is -3.69. The first-order valence-corrected chi connectivity index (χ1v) is 13.6. The van der Waals surface area contributed by atoms with Gasteiger partial charge >= 0.3 is 0 Å². The third kappa shape index (κ3) is 4.48. The van der Waals surface area contributed by atoms with Crippen molar-refractivity contribution in [2.45, 2.75) is 42.0 Å². The second-order valence-electron chi connectivity index (χ2n) is 9.23. The smallest absolute Gasteiger partial charge is 0.243 e. The van der Waals surface area contributed by atoms with Crippen molar-refractivity contribution in [2.24, 2.45) is 0 Å². The molecule has 1 aliphatic heterocycles. The van der Waals surface area contributed by atoms with E-state index >= 15 is 0 Å². The van der Waals surface area contributed by atoms with Crippen LogP contribution in [-0.2, 0) is 20.2 Å². The Morgan fingerprint density at radius 3 is 2.58 bits per heavy atom. The van der Waals surface area contributed by atoms with Crippen LogP contribution in [0.1, 0.15) is 37.0 Å². The van der Waals surface area contributed by atoms with E-state index in [9.17, 15) is 23.4 Å². The Labute approximate surface area is 220 Å². The van der Waals surface area contributed by atoms with Crippen molar-refractivity contribution in [2.75, 3.05) is 18.5 Å². The molecule has 2 heterocycles. The van der Waals surface area contributed by atoms with Crippen LogP contribution < -0.4 is 5.32 Å². The number of amides is 1. The van der Waals surface area contributed by atoms with Crippen LogP contribution in [0.25, 0.3) is 11.3 Å². The van der Waals surface area contributed by atoms with Gasteiger partial charge in [-0.1, -0.05) is 35.9 Å². The van der Waals surface area contributed by atoms with E-state index < -0.39 is 15.4 Å². The van der Waals surface area contributed by atoms with Gasteiger partial charge in [0.15, 0.2) is 0 Å². The molecule has 196 valence electrons. The average Bonchev–Trinajstić information content (AvgIpc) is 3.55. The summed E-state index contributed by atoms with van der Waals surface area (Å²) in [6, 6.07) is 16.2. The van der Waals surface area contributed by atoms with E-state index in [1.807, 2.05) is 0 Å². The SMILES string of the molecule is O=C(Nc1cccc(-c2ccc(S(=O)(=O)N3CCCC3CO)cc2)n1)C1(c2ccc(Cl)c(O)c2)CC1.[HH].[HH].[HH].[HH]. The predicted octanol–water partition coefficient (Wildman–Crippen LogP) is 4.91. The first-order chi connectivity index (χ1) is 17.2. The third-order valence-corrected chi connectivity index (χ3v) is 9.25. The molecule has 1 saturated carbocycles. The lowest BCUT2D eigenvalue weighted by Crippen LogP contribution is -2.37. The number of aromatic hydroxyl groups is 1. The van der Waals surface area contributed by atoms with Gasteiger partial charge in [0.2, 0.25) is 15.9 Å². The number of anilines is 1. The molecule has 10 heteroatoms. The summed E-state index contributed by atoms with van der Waals surface area (Å²) >= 11 is 5.91. The Balaban J connectivity index is 0.00000200. The van der Waals surface area contributed by atoms with Gasteiger partial charge in [-0.2, -0.15) is 4.31 Å². The molecule has 1 aromatic heterocycles. The van der Waals surface area contributed by atoms with Gasteiger partial charge in [-0.3, -0.25) is 4.79 Å². The molecule has 0 bridgehead atoms. The van der Waals surface area contributed by atoms with Gasteiger partial charge in [0.1, 0.15) is 11.6 Å². The van der Waals surface area contributed by atoms with Gasteiger partial charge in [0.25, 0.3) is 0 Å². The van der Waals surface area contributed by atoms with Crippen LogP contribution in [0.5, 0.6) is 5.75 Å². The molecule has 0 radical (unpaired) electrons. The summed E-state index contributed by atoms with van der Waals surface area (Å²) in [6.07, 6.45) is 2.69. The molecule has 36 heavy (non-hydrogen) atoms. The Bertz CT molecular complexity index is 1430. The predicted molar refractivity (Wildman–Crippen MR) is 145 cm³/mol. The Kier molecular flexibility index (Phi) is 6.50. The Hall–Kier alpha value is -2.98. The number of phenols is 1. The van der Waals surface area contributed by atoms with Crippen LogP contribution >= 0.6 is 11.6 Å². The fourth-order valence-corrected chi connectivity index (χ4v) is 6.53. The van der Waals surface area contributed by atoms with Gasteiger partial charge in [0.05, 0.1) is 27.6 Å². The normalized spacial score (nSPS) is 19.2. The minimum Gasteiger partial charge on any atom is -0.506 e. The van der Waals surface area contributed by atoms with Crippen molar-refractivity contribution in [1.29, 1.82) is 0 Å². The van der Waals surface area contributed by atoms with Crippen LogP contribution in [0.2, 0.25) is 5.02 Å². The summed E-state index contributed by atoms with van der Waals surface area (Å²) in [6.45, 7) is 0.204. The van der Waals surface area contributed by atoms with E-state index in [1.54, 1.807) is 42.5 Å². The zero-order chi connectivity index (χ0) is 25.5. The number of rotatable bonds is 7. The number of carbonyl (C=O) groups excluding carboxylic acids is 1. The molecule has 3 aromatic rings. The molecule has 2 aliphatic rings. The molecule has 1 aliphatic carbocycles. The molecule has 2 fully saturated rings. The number of hydrogen-bond donors (Lipinski definition) is 3. The Morgan fingerprint density at radius 1 is 1.17 bits per heavy atom. The van der Waals surface area contributed by atoms with Crippen molar-refractivity contribution in [3.05, 3.63) is 71.2 Å². The molecule has 1 unspecified atom stereocenters. The number of sulfonamides is 1. The Morgan fingerprint density at radius 2 is 1.92 bits per heavy atom. The monoisotopic (exact) mass is 535 g/mol. The number of phenolic OH excluding ortho intramolecular Hbond substituents is 1. The van der Waals surface area contributed by atoms with Crippen molar-refractivity contribution < 1.29 is 29.1 Å². The van der Waals surface area contributed by atoms with Crippen LogP contribution in [0.4, 0.5) is 5.82 Å². The molecular weight excluding hydrogens is 502 g/mol. The standard InChI is InChI=1S/C26H26ClN3O5S.4H2/c27-21-11-8-18(15-23(21)32)26(12-13-26)25(33)29-24-5-1-4-22(28-24)17-6-9-20(10-7-17)36(34,35)30-14-2-3-19(30)16-31;;;;/h1,4-11,15,19,31-32H,2-3,12-14,16H2,(H,28,29,33);4*1H.